The van der Waals surface area contributed by atoms with Gasteiger partial charge in [-0.25, -0.2) is 4.98 Å². The molecular weight excluding hydrogens is 230 g/mol. The number of nitrogens with one attached hydrogen (secondary N) is 2. The molecule has 5 nitrogen and oxygen atoms in total. The fraction of sp³-hybridized carbons (Fsp3) is 0.538. The van der Waals surface area contributed by atoms with Crippen LogP contribution in [0.5, 0.6) is 0 Å². The van der Waals surface area contributed by atoms with Gasteiger partial charge >= 0.3 is 0 Å². The summed E-state index contributed by atoms with van der Waals surface area (Å²) in [4.78, 5) is 16.0. The molecule has 1 aliphatic rings. The summed E-state index contributed by atoms with van der Waals surface area (Å²) in [6, 6.07) is 3.54. The van der Waals surface area contributed by atoms with E-state index in [-0.39, 0.29) is 11.5 Å². The van der Waals surface area contributed by atoms with Gasteiger partial charge in [0.2, 0.25) is 0 Å². The van der Waals surface area contributed by atoms with Crippen LogP contribution in [0.4, 0.5) is 5.69 Å². The third-order valence-electron chi connectivity index (χ3n) is 3.55. The van der Waals surface area contributed by atoms with E-state index in [1.54, 1.807) is 19.4 Å². The number of carbonyl (C=O) groups excluding carboxylic acids is 1. The van der Waals surface area contributed by atoms with Crippen molar-refractivity contribution < 1.29 is 9.53 Å². The van der Waals surface area contributed by atoms with Gasteiger partial charge in [0.1, 0.15) is 5.69 Å². The standard InChI is InChI=1S/C13H19N3O2/c1-14-10-4-5-11(15-8-10)12(17)16-9-13(18-2)6-3-7-13/h4-5,8,14H,3,6-7,9H2,1-2H3,(H,16,17). The Labute approximate surface area is 107 Å². The number of pyridine rings is 1. The molecule has 1 saturated carbocycles. The largest absolute Gasteiger partial charge is 0.387 e. The van der Waals surface area contributed by atoms with Crippen LogP contribution in [0.2, 0.25) is 0 Å². The third-order valence-corrected chi connectivity index (χ3v) is 3.55. The lowest BCUT2D eigenvalue weighted by Crippen LogP contribution is -2.49. The average Bonchev–Trinajstić information content (AvgIpc) is 2.38. The van der Waals surface area contributed by atoms with E-state index in [0.717, 1.165) is 18.5 Å². The number of amides is 1. The number of methoxy groups -OCH3 is 1. The van der Waals surface area contributed by atoms with Crippen LogP contribution in [-0.2, 0) is 4.74 Å². The molecule has 1 amide bonds. The lowest BCUT2D eigenvalue weighted by atomic mass is 9.80. The molecule has 0 aromatic carbocycles. The van der Waals surface area contributed by atoms with Crippen LogP contribution < -0.4 is 10.6 Å². The molecule has 5 heteroatoms. The molecule has 1 aliphatic carbocycles. The highest BCUT2D eigenvalue weighted by Gasteiger charge is 2.37. The zero-order valence-corrected chi connectivity index (χ0v) is 10.8. The topological polar surface area (TPSA) is 63.2 Å². The first-order valence-corrected chi connectivity index (χ1v) is 6.16. The van der Waals surface area contributed by atoms with Gasteiger partial charge in [0.25, 0.3) is 5.91 Å². The van der Waals surface area contributed by atoms with Crippen molar-refractivity contribution in [1.82, 2.24) is 10.3 Å². The lowest BCUT2D eigenvalue weighted by Gasteiger charge is -2.40. The summed E-state index contributed by atoms with van der Waals surface area (Å²) in [5.74, 6) is -0.152. The highest BCUT2D eigenvalue weighted by atomic mass is 16.5. The Hall–Kier alpha value is -1.62. The summed E-state index contributed by atoms with van der Waals surface area (Å²) in [5.41, 5.74) is 1.17. The zero-order valence-electron chi connectivity index (χ0n) is 10.8. The molecule has 2 rings (SSSR count). The maximum Gasteiger partial charge on any atom is 0.269 e. The molecule has 1 fully saturated rings. The molecule has 0 atom stereocenters. The van der Waals surface area contributed by atoms with Gasteiger partial charge in [0, 0.05) is 20.7 Å². The maximum atomic E-state index is 11.9. The molecule has 0 spiro atoms. The van der Waals surface area contributed by atoms with Gasteiger partial charge in [-0.3, -0.25) is 4.79 Å². The number of carbonyl (C=O) groups is 1. The average molecular weight is 249 g/mol. The van der Waals surface area contributed by atoms with Crippen molar-refractivity contribution >= 4 is 11.6 Å². The number of hydrogen-bond donors (Lipinski definition) is 2. The van der Waals surface area contributed by atoms with Gasteiger partial charge in [-0.2, -0.15) is 0 Å². The Kier molecular flexibility index (Phi) is 3.81. The quantitative estimate of drug-likeness (QED) is 0.828. The monoisotopic (exact) mass is 249 g/mol. The van der Waals surface area contributed by atoms with Gasteiger partial charge in [-0.05, 0) is 31.4 Å². The van der Waals surface area contributed by atoms with E-state index in [1.165, 1.54) is 6.42 Å². The van der Waals surface area contributed by atoms with Gasteiger partial charge in [-0.1, -0.05) is 0 Å². The predicted molar refractivity (Wildman–Crippen MR) is 69.7 cm³/mol. The second-order valence-corrected chi connectivity index (χ2v) is 4.61. The van der Waals surface area contributed by atoms with E-state index < -0.39 is 0 Å². The molecule has 1 heterocycles. The molecule has 0 unspecified atom stereocenters. The summed E-state index contributed by atoms with van der Waals surface area (Å²) in [7, 11) is 3.51. The van der Waals surface area contributed by atoms with Crippen LogP contribution in [-0.4, -0.2) is 37.2 Å². The Morgan fingerprint density at radius 2 is 2.28 bits per heavy atom. The van der Waals surface area contributed by atoms with Crippen molar-refractivity contribution in [2.24, 2.45) is 0 Å². The van der Waals surface area contributed by atoms with E-state index in [4.69, 9.17) is 4.74 Å². The first-order valence-electron chi connectivity index (χ1n) is 6.16. The van der Waals surface area contributed by atoms with E-state index in [9.17, 15) is 4.79 Å². The number of rotatable bonds is 5. The van der Waals surface area contributed by atoms with E-state index in [2.05, 4.69) is 15.6 Å². The molecule has 0 saturated heterocycles. The van der Waals surface area contributed by atoms with Crippen LogP contribution >= 0.6 is 0 Å². The Balaban J connectivity index is 1.90. The summed E-state index contributed by atoms with van der Waals surface area (Å²) in [6.07, 6.45) is 4.83. The molecule has 18 heavy (non-hydrogen) atoms. The molecule has 2 N–H and O–H groups in total. The van der Waals surface area contributed by atoms with E-state index >= 15 is 0 Å². The van der Waals surface area contributed by atoms with Crippen molar-refractivity contribution in [2.75, 3.05) is 26.0 Å². The lowest BCUT2D eigenvalue weighted by molar-refractivity contribution is -0.0679. The minimum Gasteiger partial charge on any atom is -0.387 e. The highest BCUT2D eigenvalue weighted by molar-refractivity contribution is 5.92. The Morgan fingerprint density at radius 1 is 1.50 bits per heavy atom. The SMILES string of the molecule is CNc1ccc(C(=O)NCC2(OC)CCC2)nc1. The van der Waals surface area contributed by atoms with Crippen molar-refractivity contribution in [3.05, 3.63) is 24.0 Å². The van der Waals surface area contributed by atoms with Crippen molar-refractivity contribution in [2.45, 2.75) is 24.9 Å². The maximum absolute atomic E-state index is 11.9. The van der Waals surface area contributed by atoms with Gasteiger partial charge < -0.3 is 15.4 Å². The third kappa shape index (κ3) is 2.61. The van der Waals surface area contributed by atoms with Gasteiger partial charge in [-0.15, -0.1) is 0 Å². The van der Waals surface area contributed by atoms with Crippen LogP contribution in [0, 0.1) is 0 Å². The number of anilines is 1. The fourth-order valence-electron chi connectivity index (χ4n) is 2.03. The molecule has 0 radical (unpaired) electrons. The minimum absolute atomic E-state index is 0.152. The molecule has 98 valence electrons. The number of aromatic nitrogens is 1. The molecule has 1 aromatic rings. The predicted octanol–water partition coefficient (Wildman–Crippen LogP) is 1.42. The number of hydrogen-bond acceptors (Lipinski definition) is 4. The van der Waals surface area contributed by atoms with Crippen molar-refractivity contribution in [3.63, 3.8) is 0 Å². The first-order chi connectivity index (χ1) is 8.69. The second kappa shape index (κ2) is 5.35. The number of ether oxygens (including phenoxy) is 1. The molecular formula is C13H19N3O2. The summed E-state index contributed by atoms with van der Waals surface area (Å²) >= 11 is 0. The number of nitrogens with zero attached hydrogens (tertiary/aromatic N) is 1. The van der Waals surface area contributed by atoms with Crippen molar-refractivity contribution in [1.29, 1.82) is 0 Å². The van der Waals surface area contributed by atoms with Crippen LogP contribution in [0.15, 0.2) is 18.3 Å². The van der Waals surface area contributed by atoms with E-state index in [0.29, 0.717) is 12.2 Å². The summed E-state index contributed by atoms with van der Waals surface area (Å²) in [6.45, 7) is 0.553. The molecule has 0 aliphatic heterocycles. The normalized spacial score (nSPS) is 16.8. The van der Waals surface area contributed by atoms with Crippen LogP contribution in [0.1, 0.15) is 29.8 Å². The van der Waals surface area contributed by atoms with Crippen LogP contribution in [0.25, 0.3) is 0 Å². The van der Waals surface area contributed by atoms with Gasteiger partial charge in [0.15, 0.2) is 0 Å². The minimum atomic E-state index is -0.152. The first kappa shape index (κ1) is 12.8. The Morgan fingerprint density at radius 3 is 2.72 bits per heavy atom. The van der Waals surface area contributed by atoms with E-state index in [1.807, 2.05) is 13.1 Å². The molecule has 1 aromatic heterocycles. The molecule has 0 bridgehead atoms. The van der Waals surface area contributed by atoms with Crippen molar-refractivity contribution in [3.8, 4) is 0 Å². The smallest absolute Gasteiger partial charge is 0.269 e. The summed E-state index contributed by atoms with van der Waals surface area (Å²) in [5, 5.41) is 5.85. The van der Waals surface area contributed by atoms with Crippen LogP contribution in [0.3, 0.4) is 0 Å². The highest BCUT2D eigenvalue weighted by Crippen LogP contribution is 2.34. The summed E-state index contributed by atoms with van der Waals surface area (Å²) < 4.78 is 5.45. The zero-order chi connectivity index (χ0) is 13.0. The Bertz CT molecular complexity index is 407. The second-order valence-electron chi connectivity index (χ2n) is 4.61. The fourth-order valence-corrected chi connectivity index (χ4v) is 2.03. The van der Waals surface area contributed by atoms with Gasteiger partial charge in [0.05, 0.1) is 17.5 Å².